The number of fused-ring (bicyclic) bond motifs is 1. The van der Waals surface area contributed by atoms with Gasteiger partial charge in [0.1, 0.15) is 5.56 Å². The van der Waals surface area contributed by atoms with Crippen molar-refractivity contribution in [2.24, 2.45) is 0 Å². The molecule has 0 aromatic carbocycles. The van der Waals surface area contributed by atoms with Gasteiger partial charge in [-0.1, -0.05) is 0 Å². The summed E-state index contributed by atoms with van der Waals surface area (Å²) < 4.78 is 1.67. The fourth-order valence-electron chi connectivity index (χ4n) is 1.13. The molecule has 0 fully saturated rings. The van der Waals surface area contributed by atoms with Crippen LogP contribution in [-0.4, -0.2) is 20.5 Å². The summed E-state index contributed by atoms with van der Waals surface area (Å²) in [6.07, 6.45) is 4.67. The third-order valence-corrected chi connectivity index (χ3v) is 1.68. The van der Waals surface area contributed by atoms with Crippen LogP contribution in [0.1, 0.15) is 10.4 Å². The second kappa shape index (κ2) is 2.34. The highest BCUT2D eigenvalue weighted by atomic mass is 16.4. The van der Waals surface area contributed by atoms with Gasteiger partial charge in [0.15, 0.2) is 0 Å². The van der Waals surface area contributed by atoms with E-state index in [0.29, 0.717) is 5.52 Å². The molecular formula is C8H6N2O2. The average Bonchev–Trinajstić information content (AvgIpc) is 2.49. The molecule has 0 aliphatic carbocycles. The third kappa shape index (κ3) is 0.852. The molecule has 4 nitrogen and oxygen atoms in total. The molecule has 0 aliphatic heterocycles. The van der Waals surface area contributed by atoms with Gasteiger partial charge in [-0.25, -0.2) is 9.78 Å². The zero-order valence-corrected chi connectivity index (χ0v) is 6.14. The molecule has 0 unspecified atom stereocenters. The molecule has 0 radical (unpaired) electrons. The summed E-state index contributed by atoms with van der Waals surface area (Å²) in [5.41, 5.74) is 0.889. The largest absolute Gasteiger partial charge is 0.478 e. The zero-order valence-electron chi connectivity index (χ0n) is 6.14. The van der Waals surface area contributed by atoms with Crippen LogP contribution in [0.15, 0.2) is 30.9 Å². The van der Waals surface area contributed by atoms with Gasteiger partial charge in [-0.15, -0.1) is 0 Å². The Morgan fingerprint density at radius 2 is 2.42 bits per heavy atom. The summed E-state index contributed by atoms with van der Waals surface area (Å²) in [6.45, 7) is 0. The van der Waals surface area contributed by atoms with Crippen molar-refractivity contribution in [3.8, 4) is 0 Å². The topological polar surface area (TPSA) is 54.6 Å². The normalized spacial score (nSPS) is 10.3. The van der Waals surface area contributed by atoms with Crippen molar-refractivity contribution in [1.82, 2.24) is 9.38 Å². The fourth-order valence-corrected chi connectivity index (χ4v) is 1.13. The van der Waals surface area contributed by atoms with Crippen LogP contribution in [0.2, 0.25) is 0 Å². The predicted octanol–water partition coefficient (Wildman–Crippen LogP) is 1.03. The SMILES string of the molecule is O=C(O)c1cncn2cccc12. The Morgan fingerprint density at radius 3 is 3.17 bits per heavy atom. The summed E-state index contributed by atoms with van der Waals surface area (Å²) in [7, 11) is 0. The van der Waals surface area contributed by atoms with Crippen LogP contribution in [0.25, 0.3) is 5.52 Å². The standard InChI is InChI=1S/C8H6N2O2/c11-8(12)6-4-9-5-10-3-1-2-7(6)10/h1-5H,(H,11,12). The lowest BCUT2D eigenvalue weighted by Gasteiger charge is -1.96. The summed E-state index contributed by atoms with van der Waals surface area (Å²) in [4.78, 5) is 14.4. The van der Waals surface area contributed by atoms with Gasteiger partial charge in [0.05, 0.1) is 11.8 Å². The van der Waals surface area contributed by atoms with Gasteiger partial charge >= 0.3 is 5.97 Å². The van der Waals surface area contributed by atoms with Crippen molar-refractivity contribution in [2.75, 3.05) is 0 Å². The zero-order chi connectivity index (χ0) is 8.55. The summed E-state index contributed by atoms with van der Waals surface area (Å²) >= 11 is 0. The van der Waals surface area contributed by atoms with Crippen molar-refractivity contribution < 1.29 is 9.90 Å². The number of hydrogen-bond acceptors (Lipinski definition) is 2. The number of carbonyl (C=O) groups is 1. The van der Waals surface area contributed by atoms with E-state index < -0.39 is 5.97 Å². The Hall–Kier alpha value is -1.84. The van der Waals surface area contributed by atoms with E-state index in [2.05, 4.69) is 4.98 Å². The fraction of sp³-hybridized carbons (Fsp3) is 0. The quantitative estimate of drug-likeness (QED) is 0.681. The molecule has 0 spiro atoms. The molecule has 2 rings (SSSR count). The lowest BCUT2D eigenvalue weighted by atomic mass is 10.3. The molecule has 0 amide bonds. The van der Waals surface area contributed by atoms with Gasteiger partial charge in [0.2, 0.25) is 0 Å². The number of hydrogen-bond donors (Lipinski definition) is 1. The summed E-state index contributed by atoms with van der Waals surface area (Å²) in [5, 5.41) is 8.75. The second-order valence-corrected chi connectivity index (χ2v) is 2.41. The minimum atomic E-state index is -0.952. The van der Waals surface area contributed by atoms with E-state index in [4.69, 9.17) is 5.11 Å². The van der Waals surface area contributed by atoms with E-state index >= 15 is 0 Å². The number of carboxylic acids is 1. The van der Waals surface area contributed by atoms with Crippen LogP contribution in [0.3, 0.4) is 0 Å². The predicted molar refractivity (Wildman–Crippen MR) is 42.2 cm³/mol. The molecule has 1 N–H and O–H groups in total. The van der Waals surface area contributed by atoms with Gasteiger partial charge in [0, 0.05) is 12.4 Å². The van der Waals surface area contributed by atoms with Crippen LogP contribution >= 0.6 is 0 Å². The Balaban J connectivity index is 2.82. The van der Waals surface area contributed by atoms with Gasteiger partial charge in [0.25, 0.3) is 0 Å². The van der Waals surface area contributed by atoms with Crippen LogP contribution in [0.4, 0.5) is 0 Å². The molecule has 0 aliphatic rings. The number of aromatic carboxylic acids is 1. The molecule has 60 valence electrons. The lowest BCUT2D eigenvalue weighted by Crippen LogP contribution is -2.00. The molecule has 0 bridgehead atoms. The van der Waals surface area contributed by atoms with E-state index in [1.54, 1.807) is 29.1 Å². The van der Waals surface area contributed by atoms with Gasteiger partial charge in [-0.05, 0) is 12.1 Å². The molecule has 2 aromatic rings. The highest BCUT2D eigenvalue weighted by molar-refractivity contribution is 5.95. The number of rotatable bonds is 1. The Morgan fingerprint density at radius 1 is 1.58 bits per heavy atom. The van der Waals surface area contributed by atoms with Crippen molar-refractivity contribution in [2.45, 2.75) is 0 Å². The molecule has 0 atom stereocenters. The van der Waals surface area contributed by atoms with Gasteiger partial charge in [-0.3, -0.25) is 0 Å². The van der Waals surface area contributed by atoms with E-state index in [-0.39, 0.29) is 5.56 Å². The number of carboxylic acid groups (broad SMARTS) is 1. The molecular weight excluding hydrogens is 156 g/mol. The highest BCUT2D eigenvalue weighted by Gasteiger charge is 2.07. The first-order chi connectivity index (χ1) is 5.79. The van der Waals surface area contributed by atoms with Crippen molar-refractivity contribution in [3.63, 3.8) is 0 Å². The molecule has 12 heavy (non-hydrogen) atoms. The number of nitrogens with zero attached hydrogens (tertiary/aromatic N) is 2. The lowest BCUT2D eigenvalue weighted by molar-refractivity contribution is 0.0698. The third-order valence-electron chi connectivity index (χ3n) is 1.68. The van der Waals surface area contributed by atoms with E-state index in [1.165, 1.54) is 6.20 Å². The first kappa shape index (κ1) is 6.84. The van der Waals surface area contributed by atoms with Gasteiger partial charge < -0.3 is 9.51 Å². The van der Waals surface area contributed by atoms with Crippen molar-refractivity contribution in [1.29, 1.82) is 0 Å². The van der Waals surface area contributed by atoms with Crippen LogP contribution in [-0.2, 0) is 0 Å². The van der Waals surface area contributed by atoms with E-state index in [0.717, 1.165) is 0 Å². The average molecular weight is 162 g/mol. The van der Waals surface area contributed by atoms with Crippen molar-refractivity contribution in [3.05, 3.63) is 36.4 Å². The minimum absolute atomic E-state index is 0.225. The number of aromatic nitrogens is 2. The van der Waals surface area contributed by atoms with Crippen LogP contribution < -0.4 is 0 Å². The second-order valence-electron chi connectivity index (χ2n) is 2.41. The van der Waals surface area contributed by atoms with Gasteiger partial charge in [-0.2, -0.15) is 0 Å². The first-order valence-corrected chi connectivity index (χ1v) is 3.43. The molecule has 0 saturated carbocycles. The van der Waals surface area contributed by atoms with E-state index in [9.17, 15) is 4.79 Å². The molecule has 0 saturated heterocycles. The summed E-state index contributed by atoms with van der Waals surface area (Å²) in [5.74, 6) is -0.952. The molecule has 2 aromatic heterocycles. The first-order valence-electron chi connectivity index (χ1n) is 3.43. The van der Waals surface area contributed by atoms with Crippen LogP contribution in [0, 0.1) is 0 Å². The Labute approximate surface area is 68.1 Å². The van der Waals surface area contributed by atoms with E-state index in [1.807, 2.05) is 0 Å². The monoisotopic (exact) mass is 162 g/mol. The summed E-state index contributed by atoms with van der Waals surface area (Å²) in [6, 6.07) is 3.52. The maximum atomic E-state index is 10.7. The maximum Gasteiger partial charge on any atom is 0.339 e. The molecule has 4 heteroatoms. The Bertz CT molecular complexity index is 433. The highest BCUT2D eigenvalue weighted by Crippen LogP contribution is 2.09. The Kier molecular flexibility index (Phi) is 1.33. The maximum absolute atomic E-state index is 10.7. The van der Waals surface area contributed by atoms with Crippen molar-refractivity contribution >= 4 is 11.5 Å². The molecule has 2 heterocycles. The smallest absolute Gasteiger partial charge is 0.339 e. The van der Waals surface area contributed by atoms with Crippen LogP contribution in [0.5, 0.6) is 0 Å². The minimum Gasteiger partial charge on any atom is -0.478 e.